The number of esters is 1. The minimum absolute atomic E-state index is 0.00118. The SMILES string of the molecule is CCOC(=O)C[C@@H](C(C)C)N(Cc1ccc(Cl)c([N+](=O)[O-])c1)S(=O)(=O)c1ccc(OC)cc1. The van der Waals surface area contributed by atoms with Gasteiger partial charge in [-0.2, -0.15) is 4.31 Å². The van der Waals surface area contributed by atoms with Crippen LogP contribution in [0.25, 0.3) is 0 Å². The van der Waals surface area contributed by atoms with Crippen LogP contribution in [0.15, 0.2) is 47.4 Å². The van der Waals surface area contributed by atoms with Gasteiger partial charge in [0.2, 0.25) is 10.0 Å². The average molecular weight is 499 g/mol. The Morgan fingerprint density at radius 2 is 1.82 bits per heavy atom. The molecule has 180 valence electrons. The van der Waals surface area contributed by atoms with Crippen molar-refractivity contribution < 1.29 is 27.6 Å². The number of nitrogens with zero attached hydrogens (tertiary/aromatic N) is 2. The Morgan fingerprint density at radius 3 is 2.33 bits per heavy atom. The summed E-state index contributed by atoms with van der Waals surface area (Å²) in [5.41, 5.74) is 0.0279. The summed E-state index contributed by atoms with van der Waals surface area (Å²) in [5.74, 6) is -0.307. The first kappa shape index (κ1) is 26.6. The average Bonchev–Trinajstić information content (AvgIpc) is 2.77. The molecule has 0 radical (unpaired) electrons. The molecule has 0 aliphatic carbocycles. The fourth-order valence-electron chi connectivity index (χ4n) is 3.30. The molecule has 0 aliphatic heterocycles. The van der Waals surface area contributed by atoms with Crippen LogP contribution in [-0.2, 0) is 26.1 Å². The molecule has 0 unspecified atom stereocenters. The molecule has 1 atom stereocenters. The number of carbonyl (C=O) groups is 1. The minimum Gasteiger partial charge on any atom is -0.497 e. The zero-order valence-electron chi connectivity index (χ0n) is 18.9. The maximum atomic E-state index is 13.7. The number of halogens is 1. The topological polar surface area (TPSA) is 116 Å². The summed E-state index contributed by atoms with van der Waals surface area (Å²) >= 11 is 5.91. The Bertz CT molecular complexity index is 1090. The number of rotatable bonds is 11. The van der Waals surface area contributed by atoms with Crippen molar-refractivity contribution in [2.75, 3.05) is 13.7 Å². The predicted octanol–water partition coefficient (Wildman–Crippen LogP) is 4.43. The highest BCUT2D eigenvalue weighted by Gasteiger charge is 2.35. The second-order valence-corrected chi connectivity index (χ2v) is 9.89. The van der Waals surface area contributed by atoms with E-state index >= 15 is 0 Å². The summed E-state index contributed by atoms with van der Waals surface area (Å²) in [4.78, 5) is 23.0. The molecule has 0 aromatic heterocycles. The minimum atomic E-state index is -4.11. The van der Waals surface area contributed by atoms with Crippen molar-refractivity contribution in [3.8, 4) is 5.75 Å². The van der Waals surface area contributed by atoms with Crippen LogP contribution in [0.4, 0.5) is 5.69 Å². The van der Waals surface area contributed by atoms with Crippen molar-refractivity contribution in [3.05, 3.63) is 63.2 Å². The van der Waals surface area contributed by atoms with Crippen LogP contribution in [0.2, 0.25) is 5.02 Å². The molecule has 11 heteroatoms. The van der Waals surface area contributed by atoms with Gasteiger partial charge in [-0.1, -0.05) is 31.5 Å². The largest absolute Gasteiger partial charge is 0.497 e. The van der Waals surface area contributed by atoms with Gasteiger partial charge in [0, 0.05) is 18.7 Å². The number of nitro benzene ring substituents is 1. The Balaban J connectivity index is 2.57. The van der Waals surface area contributed by atoms with Crippen molar-refractivity contribution in [1.82, 2.24) is 4.31 Å². The highest BCUT2D eigenvalue weighted by Crippen LogP contribution is 2.30. The quantitative estimate of drug-likeness (QED) is 0.255. The monoisotopic (exact) mass is 498 g/mol. The van der Waals surface area contributed by atoms with Gasteiger partial charge < -0.3 is 9.47 Å². The standard InChI is InChI=1S/C22H27ClN2O7S/c1-5-32-22(26)13-20(15(2)3)24(14-16-6-11-19(23)21(12-16)25(27)28)33(29,30)18-9-7-17(31-4)8-10-18/h6-12,15,20H,5,13-14H2,1-4H3/t20-/m0/s1. The van der Waals surface area contributed by atoms with Crippen molar-refractivity contribution in [1.29, 1.82) is 0 Å². The molecule has 33 heavy (non-hydrogen) atoms. The number of benzene rings is 2. The van der Waals surface area contributed by atoms with E-state index in [0.29, 0.717) is 11.3 Å². The molecule has 0 saturated heterocycles. The van der Waals surface area contributed by atoms with Crippen LogP contribution in [-0.4, -0.2) is 43.4 Å². The molecule has 2 rings (SSSR count). The molecule has 9 nitrogen and oxygen atoms in total. The maximum absolute atomic E-state index is 13.7. The van der Waals surface area contributed by atoms with Gasteiger partial charge in [-0.15, -0.1) is 0 Å². The Morgan fingerprint density at radius 1 is 1.18 bits per heavy atom. The number of ether oxygens (including phenoxy) is 2. The number of methoxy groups -OCH3 is 1. The Kier molecular flexibility index (Phi) is 9.21. The lowest BCUT2D eigenvalue weighted by Crippen LogP contribution is -2.44. The lowest BCUT2D eigenvalue weighted by atomic mass is 10.0. The molecule has 0 bridgehead atoms. The normalized spacial score (nSPS) is 12.6. The van der Waals surface area contributed by atoms with E-state index in [0.717, 1.165) is 0 Å². The van der Waals surface area contributed by atoms with Crippen molar-refractivity contribution >= 4 is 33.3 Å². The highest BCUT2D eigenvalue weighted by atomic mass is 35.5. The van der Waals surface area contributed by atoms with Crippen LogP contribution in [0.5, 0.6) is 5.75 Å². The van der Waals surface area contributed by atoms with Crippen molar-refractivity contribution in [2.24, 2.45) is 5.92 Å². The van der Waals surface area contributed by atoms with E-state index in [-0.39, 0.29) is 41.1 Å². The molecule has 0 spiro atoms. The van der Waals surface area contributed by atoms with Gasteiger partial charge in [-0.3, -0.25) is 14.9 Å². The molecule has 0 N–H and O–H groups in total. The lowest BCUT2D eigenvalue weighted by Gasteiger charge is -2.33. The van der Waals surface area contributed by atoms with Gasteiger partial charge in [0.1, 0.15) is 10.8 Å². The van der Waals surface area contributed by atoms with Gasteiger partial charge >= 0.3 is 5.97 Å². The third-order valence-electron chi connectivity index (χ3n) is 5.03. The second kappa shape index (κ2) is 11.4. The molecular formula is C22H27ClN2O7S. The number of carbonyl (C=O) groups excluding carboxylic acids is 1. The molecule has 0 saturated carbocycles. The fraction of sp³-hybridized carbons (Fsp3) is 0.409. The zero-order valence-corrected chi connectivity index (χ0v) is 20.4. The summed E-state index contributed by atoms with van der Waals surface area (Å²) < 4.78 is 38.7. The van der Waals surface area contributed by atoms with Gasteiger partial charge in [0.25, 0.3) is 5.69 Å². The van der Waals surface area contributed by atoms with Crippen LogP contribution < -0.4 is 4.74 Å². The number of sulfonamides is 1. The highest BCUT2D eigenvalue weighted by molar-refractivity contribution is 7.89. The summed E-state index contributed by atoms with van der Waals surface area (Å²) in [6.07, 6.45) is -0.170. The third-order valence-corrected chi connectivity index (χ3v) is 7.24. The van der Waals surface area contributed by atoms with E-state index in [4.69, 9.17) is 21.1 Å². The van der Waals surface area contributed by atoms with E-state index in [1.807, 2.05) is 0 Å². The summed E-state index contributed by atoms with van der Waals surface area (Å²) in [7, 11) is -2.64. The van der Waals surface area contributed by atoms with Gasteiger partial charge in [0.15, 0.2) is 0 Å². The number of hydrogen-bond donors (Lipinski definition) is 0. The number of hydrogen-bond acceptors (Lipinski definition) is 7. The molecular weight excluding hydrogens is 472 g/mol. The molecule has 2 aromatic carbocycles. The fourth-order valence-corrected chi connectivity index (χ4v) is 5.23. The van der Waals surface area contributed by atoms with E-state index < -0.39 is 27.0 Å². The summed E-state index contributed by atoms with van der Waals surface area (Å²) in [5, 5.41) is 11.3. The first-order valence-corrected chi connectivity index (χ1v) is 12.1. The van der Waals surface area contributed by atoms with Crippen LogP contribution in [0.3, 0.4) is 0 Å². The summed E-state index contributed by atoms with van der Waals surface area (Å²) in [6, 6.07) is 9.21. The first-order chi connectivity index (χ1) is 15.5. The third kappa shape index (κ3) is 6.66. The van der Waals surface area contributed by atoms with Gasteiger partial charge in [-0.05, 0) is 48.7 Å². The van der Waals surface area contributed by atoms with Gasteiger partial charge in [-0.25, -0.2) is 8.42 Å². The molecule has 2 aromatic rings. The second-order valence-electron chi connectivity index (χ2n) is 7.59. The van der Waals surface area contributed by atoms with Gasteiger partial charge in [0.05, 0.1) is 30.0 Å². The smallest absolute Gasteiger partial charge is 0.307 e. The zero-order chi connectivity index (χ0) is 24.8. The molecule has 0 aliphatic rings. The Labute approximate surface area is 198 Å². The lowest BCUT2D eigenvalue weighted by molar-refractivity contribution is -0.384. The van der Waals surface area contributed by atoms with E-state index in [1.54, 1.807) is 20.8 Å². The summed E-state index contributed by atoms with van der Waals surface area (Å²) in [6.45, 7) is 5.23. The van der Waals surface area contributed by atoms with Crippen molar-refractivity contribution in [3.63, 3.8) is 0 Å². The van der Waals surface area contributed by atoms with Crippen LogP contribution >= 0.6 is 11.6 Å². The van der Waals surface area contributed by atoms with Crippen molar-refractivity contribution in [2.45, 2.75) is 44.7 Å². The molecule has 0 heterocycles. The molecule has 0 fully saturated rings. The van der Waals surface area contributed by atoms with E-state index in [9.17, 15) is 23.3 Å². The predicted molar refractivity (Wildman–Crippen MR) is 124 cm³/mol. The molecule has 0 amide bonds. The maximum Gasteiger partial charge on any atom is 0.307 e. The van der Waals surface area contributed by atoms with Crippen LogP contribution in [0.1, 0.15) is 32.8 Å². The number of nitro groups is 1. The van der Waals surface area contributed by atoms with E-state index in [2.05, 4.69) is 0 Å². The van der Waals surface area contributed by atoms with Crippen LogP contribution in [0, 0.1) is 16.0 Å². The van der Waals surface area contributed by atoms with E-state index in [1.165, 1.54) is 53.9 Å². The Hall–Kier alpha value is -2.69. The first-order valence-electron chi connectivity index (χ1n) is 10.3.